The molecule has 1 aliphatic carbocycles. The van der Waals surface area contributed by atoms with Crippen LogP contribution < -0.4 is 15.5 Å². The monoisotopic (exact) mass is 486 g/mol. The van der Waals surface area contributed by atoms with E-state index in [1.165, 1.54) is 17.6 Å². The van der Waals surface area contributed by atoms with E-state index in [-0.39, 0.29) is 0 Å². The molecule has 9 heteroatoms. The van der Waals surface area contributed by atoms with Gasteiger partial charge in [-0.3, -0.25) is 9.59 Å². The molecule has 1 heterocycles. The summed E-state index contributed by atoms with van der Waals surface area (Å²) >= 11 is 1.35. The van der Waals surface area contributed by atoms with E-state index >= 15 is 0 Å². The number of amides is 2. The molecule has 0 unspecified atom stereocenters. The number of nitriles is 1. The number of esters is 1. The molecule has 176 valence electrons. The van der Waals surface area contributed by atoms with E-state index in [0.29, 0.717) is 27.4 Å². The average Bonchev–Trinajstić information content (AvgIpc) is 3.21. The first kappa shape index (κ1) is 23.9. The van der Waals surface area contributed by atoms with Crippen molar-refractivity contribution in [2.75, 3.05) is 5.32 Å². The van der Waals surface area contributed by atoms with Crippen molar-refractivity contribution >= 4 is 40.3 Å². The maximum absolute atomic E-state index is 12.3. The highest BCUT2D eigenvalue weighted by molar-refractivity contribution is 7.16. The molecule has 0 bridgehead atoms. The minimum Gasteiger partial charge on any atom is -0.423 e. The zero-order chi connectivity index (χ0) is 24.8. The number of fused-ring (bicyclic) bond motifs is 1. The molecular weight excluding hydrogens is 464 g/mol. The number of anilines is 1. The molecule has 0 saturated carbocycles. The Morgan fingerprint density at radius 1 is 1.09 bits per heavy atom. The lowest BCUT2D eigenvalue weighted by Crippen LogP contribution is -2.32. The largest absolute Gasteiger partial charge is 0.423 e. The number of aryl methyl sites for hydroxylation is 2. The van der Waals surface area contributed by atoms with Crippen LogP contribution in [0, 0.1) is 18.3 Å². The molecule has 2 aromatic carbocycles. The quantitative estimate of drug-likeness (QED) is 0.185. The van der Waals surface area contributed by atoms with Crippen LogP contribution in [0.2, 0.25) is 0 Å². The number of carbonyl (C=O) groups is 3. The Labute approximate surface area is 206 Å². The van der Waals surface area contributed by atoms with Crippen LogP contribution in [0.25, 0.3) is 0 Å². The SMILES string of the molecule is Cc1cccc(C(=O)Oc2ccc(/C=N\NC(=O)C(=O)Nc3sc4c(c3C#N)CCCC4)cc2)c1. The van der Waals surface area contributed by atoms with Gasteiger partial charge in [0.25, 0.3) is 0 Å². The number of thiophene rings is 1. The minimum atomic E-state index is -0.944. The molecule has 0 aliphatic heterocycles. The molecule has 4 rings (SSSR count). The van der Waals surface area contributed by atoms with Gasteiger partial charge in [-0.05, 0) is 80.1 Å². The van der Waals surface area contributed by atoms with Gasteiger partial charge >= 0.3 is 17.8 Å². The summed E-state index contributed by atoms with van der Waals surface area (Å²) in [7, 11) is 0. The maximum atomic E-state index is 12.3. The molecule has 0 radical (unpaired) electrons. The number of nitrogens with one attached hydrogen (secondary N) is 2. The minimum absolute atomic E-state index is 0.365. The standard InChI is InChI=1S/C26H22N4O4S/c1-16-5-4-6-18(13-16)26(33)34-19-11-9-17(10-12-19)15-28-30-24(32)23(31)29-25-21(14-27)20-7-2-3-8-22(20)35-25/h4-6,9-13,15H,2-3,7-8H2,1H3,(H,29,31)(H,30,32)/b28-15-. The highest BCUT2D eigenvalue weighted by atomic mass is 32.1. The van der Waals surface area contributed by atoms with E-state index in [1.54, 1.807) is 42.5 Å². The molecule has 0 fully saturated rings. The van der Waals surface area contributed by atoms with Gasteiger partial charge in [0.05, 0.1) is 17.3 Å². The summed E-state index contributed by atoms with van der Waals surface area (Å²) < 4.78 is 5.36. The van der Waals surface area contributed by atoms with Crippen LogP contribution >= 0.6 is 11.3 Å². The molecule has 1 aromatic heterocycles. The Morgan fingerprint density at radius 3 is 2.60 bits per heavy atom. The number of hydrogen-bond donors (Lipinski definition) is 2. The first-order valence-corrected chi connectivity index (χ1v) is 11.8. The van der Waals surface area contributed by atoms with Gasteiger partial charge in [-0.1, -0.05) is 17.7 Å². The van der Waals surface area contributed by atoms with E-state index < -0.39 is 17.8 Å². The summed E-state index contributed by atoms with van der Waals surface area (Å²) in [5, 5.41) is 16.2. The van der Waals surface area contributed by atoms with Crippen LogP contribution in [0.5, 0.6) is 5.75 Å². The van der Waals surface area contributed by atoms with Gasteiger partial charge in [0.15, 0.2) is 0 Å². The average molecular weight is 487 g/mol. The van der Waals surface area contributed by atoms with Gasteiger partial charge in [0.2, 0.25) is 0 Å². The summed E-state index contributed by atoms with van der Waals surface area (Å²) in [5.41, 5.74) is 5.64. The van der Waals surface area contributed by atoms with Crippen LogP contribution in [0.4, 0.5) is 5.00 Å². The summed E-state index contributed by atoms with van der Waals surface area (Å²) in [5.74, 6) is -1.93. The molecule has 0 saturated heterocycles. The van der Waals surface area contributed by atoms with Crippen LogP contribution in [-0.2, 0) is 22.4 Å². The van der Waals surface area contributed by atoms with Crippen molar-refractivity contribution in [3.05, 3.63) is 81.2 Å². The van der Waals surface area contributed by atoms with E-state index in [4.69, 9.17) is 4.74 Å². The fourth-order valence-electron chi connectivity index (χ4n) is 3.71. The van der Waals surface area contributed by atoms with E-state index in [2.05, 4.69) is 21.9 Å². The van der Waals surface area contributed by atoms with Crippen LogP contribution in [0.1, 0.15) is 50.3 Å². The fourth-order valence-corrected chi connectivity index (χ4v) is 4.94. The summed E-state index contributed by atoms with van der Waals surface area (Å²) in [4.78, 5) is 37.7. The van der Waals surface area contributed by atoms with Crippen molar-refractivity contribution < 1.29 is 19.1 Å². The Morgan fingerprint density at radius 2 is 1.86 bits per heavy atom. The van der Waals surface area contributed by atoms with Gasteiger partial charge in [-0.15, -0.1) is 11.3 Å². The normalized spacial score (nSPS) is 12.5. The van der Waals surface area contributed by atoms with Gasteiger partial charge in [0.1, 0.15) is 16.8 Å². The van der Waals surface area contributed by atoms with Gasteiger partial charge in [-0.25, -0.2) is 10.2 Å². The number of hydrogen-bond acceptors (Lipinski definition) is 7. The van der Waals surface area contributed by atoms with Crippen molar-refractivity contribution in [1.82, 2.24) is 5.43 Å². The third-order valence-corrected chi connectivity index (χ3v) is 6.65. The lowest BCUT2D eigenvalue weighted by Gasteiger charge is -2.09. The Balaban J connectivity index is 1.31. The van der Waals surface area contributed by atoms with Crippen molar-refractivity contribution in [3.8, 4) is 11.8 Å². The maximum Gasteiger partial charge on any atom is 0.343 e. The fraction of sp³-hybridized carbons (Fsp3) is 0.192. The topological polar surface area (TPSA) is 121 Å². The van der Waals surface area contributed by atoms with Gasteiger partial charge < -0.3 is 10.1 Å². The third-order valence-electron chi connectivity index (χ3n) is 5.44. The smallest absolute Gasteiger partial charge is 0.343 e. The van der Waals surface area contributed by atoms with Crippen molar-refractivity contribution in [2.24, 2.45) is 5.10 Å². The van der Waals surface area contributed by atoms with Gasteiger partial charge in [-0.2, -0.15) is 10.4 Å². The molecule has 8 nitrogen and oxygen atoms in total. The zero-order valence-electron chi connectivity index (χ0n) is 19.0. The first-order chi connectivity index (χ1) is 16.9. The molecule has 3 aromatic rings. The van der Waals surface area contributed by atoms with Crippen LogP contribution in [0.3, 0.4) is 0 Å². The van der Waals surface area contributed by atoms with Gasteiger partial charge in [0, 0.05) is 4.88 Å². The Kier molecular flexibility index (Phi) is 7.33. The molecule has 2 N–H and O–H groups in total. The molecular formula is C26H22N4O4S. The Hall–Kier alpha value is -4.29. The van der Waals surface area contributed by atoms with Crippen LogP contribution in [-0.4, -0.2) is 24.0 Å². The Bertz CT molecular complexity index is 1350. The third kappa shape index (κ3) is 5.80. The van der Waals surface area contributed by atoms with E-state index in [9.17, 15) is 19.6 Å². The second-order valence-electron chi connectivity index (χ2n) is 8.01. The number of ether oxygens (including phenoxy) is 1. The molecule has 0 spiro atoms. The number of hydrazone groups is 1. The summed E-state index contributed by atoms with van der Waals surface area (Å²) in [6.07, 6.45) is 5.12. The molecule has 1 aliphatic rings. The summed E-state index contributed by atoms with van der Waals surface area (Å²) in [6, 6.07) is 15.8. The number of nitrogens with zero attached hydrogens (tertiary/aromatic N) is 2. The summed E-state index contributed by atoms with van der Waals surface area (Å²) in [6.45, 7) is 1.89. The molecule has 0 atom stereocenters. The zero-order valence-corrected chi connectivity index (χ0v) is 19.8. The predicted octanol–water partition coefficient (Wildman–Crippen LogP) is 4.12. The van der Waals surface area contributed by atoms with Crippen LogP contribution in [0.15, 0.2) is 53.6 Å². The highest BCUT2D eigenvalue weighted by Crippen LogP contribution is 2.37. The number of benzene rings is 2. The first-order valence-electron chi connectivity index (χ1n) is 11.0. The van der Waals surface area contributed by atoms with E-state index in [0.717, 1.165) is 41.7 Å². The second kappa shape index (κ2) is 10.8. The predicted molar refractivity (Wildman–Crippen MR) is 133 cm³/mol. The lowest BCUT2D eigenvalue weighted by atomic mass is 9.96. The number of carbonyl (C=O) groups excluding carboxylic acids is 3. The van der Waals surface area contributed by atoms with Crippen molar-refractivity contribution in [1.29, 1.82) is 5.26 Å². The van der Waals surface area contributed by atoms with Crippen molar-refractivity contribution in [2.45, 2.75) is 32.6 Å². The lowest BCUT2D eigenvalue weighted by molar-refractivity contribution is -0.136. The second-order valence-corrected chi connectivity index (χ2v) is 9.11. The molecule has 2 amide bonds. The highest BCUT2D eigenvalue weighted by Gasteiger charge is 2.23. The van der Waals surface area contributed by atoms with E-state index in [1.807, 2.05) is 13.0 Å². The molecule has 35 heavy (non-hydrogen) atoms. The number of rotatable bonds is 5. The van der Waals surface area contributed by atoms with Crippen molar-refractivity contribution in [3.63, 3.8) is 0 Å².